The topological polar surface area (TPSA) is 102 Å². The molecule has 1 aliphatic heterocycles. The van der Waals surface area contributed by atoms with Gasteiger partial charge in [-0.25, -0.2) is 0 Å². The number of esters is 2. The Balaban J connectivity index is 2.72. The van der Waals surface area contributed by atoms with E-state index in [-0.39, 0.29) is 6.61 Å². The second kappa shape index (κ2) is 5.24. The van der Waals surface area contributed by atoms with Crippen molar-refractivity contribution >= 4 is 11.9 Å². The third-order valence-corrected chi connectivity index (χ3v) is 2.05. The smallest absolute Gasteiger partial charge is 0.303 e. The molecule has 1 heterocycles. The average Bonchev–Trinajstić information content (AvgIpc) is 2.16. The molecule has 1 aliphatic rings. The Bertz CT molecular complexity index is 277. The molecule has 7 nitrogen and oxygen atoms in total. The van der Waals surface area contributed by atoms with Gasteiger partial charge >= 0.3 is 11.9 Å². The summed E-state index contributed by atoms with van der Waals surface area (Å²) >= 11 is 0. The molecular weight excluding hydrogens is 220 g/mol. The predicted octanol–water partition coefficient (Wildman–Crippen LogP) is -1.44. The first-order chi connectivity index (χ1) is 7.41. The molecule has 0 aromatic rings. The lowest BCUT2D eigenvalue weighted by Crippen LogP contribution is -2.55. The fourth-order valence-electron chi connectivity index (χ4n) is 1.42. The second-order valence-electron chi connectivity index (χ2n) is 3.44. The van der Waals surface area contributed by atoms with Gasteiger partial charge in [0.25, 0.3) is 0 Å². The third-order valence-electron chi connectivity index (χ3n) is 2.05. The van der Waals surface area contributed by atoms with Crippen molar-refractivity contribution in [3.8, 4) is 0 Å². The summed E-state index contributed by atoms with van der Waals surface area (Å²) < 4.78 is 14.3. The van der Waals surface area contributed by atoms with Gasteiger partial charge in [0.15, 0.2) is 18.5 Å². The van der Waals surface area contributed by atoms with Crippen molar-refractivity contribution in [2.75, 3.05) is 6.61 Å². The van der Waals surface area contributed by atoms with Crippen LogP contribution in [0.4, 0.5) is 0 Å². The van der Waals surface area contributed by atoms with E-state index in [9.17, 15) is 19.8 Å². The van der Waals surface area contributed by atoms with E-state index in [2.05, 4.69) is 0 Å². The Labute approximate surface area is 91.9 Å². The van der Waals surface area contributed by atoms with Crippen LogP contribution in [0.2, 0.25) is 0 Å². The Morgan fingerprint density at radius 3 is 2.25 bits per heavy atom. The summed E-state index contributed by atoms with van der Waals surface area (Å²) in [6, 6.07) is 0. The number of aliphatic hydroxyl groups excluding tert-OH is 2. The maximum Gasteiger partial charge on any atom is 0.303 e. The van der Waals surface area contributed by atoms with E-state index in [1.54, 1.807) is 0 Å². The first-order valence-electron chi connectivity index (χ1n) is 4.74. The van der Waals surface area contributed by atoms with Crippen LogP contribution in [0.5, 0.6) is 0 Å². The highest BCUT2D eigenvalue weighted by Gasteiger charge is 2.42. The number of carbonyl (C=O) groups excluding carboxylic acids is 2. The van der Waals surface area contributed by atoms with Crippen LogP contribution in [-0.2, 0) is 23.8 Å². The first-order valence-corrected chi connectivity index (χ1v) is 4.74. The molecule has 0 aromatic heterocycles. The van der Waals surface area contributed by atoms with Gasteiger partial charge in [0.2, 0.25) is 0 Å². The van der Waals surface area contributed by atoms with Crippen molar-refractivity contribution in [1.29, 1.82) is 0 Å². The van der Waals surface area contributed by atoms with Crippen molar-refractivity contribution in [2.45, 2.75) is 38.4 Å². The SMILES string of the molecule is CC(=O)OC1COC(O)C(O)C1OC(C)=O. The van der Waals surface area contributed by atoms with Gasteiger partial charge < -0.3 is 24.4 Å². The van der Waals surface area contributed by atoms with Crippen LogP contribution in [0.25, 0.3) is 0 Å². The quantitative estimate of drug-likeness (QED) is 0.564. The largest absolute Gasteiger partial charge is 0.456 e. The van der Waals surface area contributed by atoms with Gasteiger partial charge in [-0.3, -0.25) is 9.59 Å². The number of ether oxygens (including phenoxy) is 3. The molecule has 0 bridgehead atoms. The Morgan fingerprint density at radius 1 is 1.19 bits per heavy atom. The van der Waals surface area contributed by atoms with E-state index >= 15 is 0 Å². The molecular formula is C9H14O7. The molecule has 16 heavy (non-hydrogen) atoms. The van der Waals surface area contributed by atoms with Gasteiger partial charge in [-0.15, -0.1) is 0 Å². The van der Waals surface area contributed by atoms with Crippen molar-refractivity contribution in [2.24, 2.45) is 0 Å². The zero-order chi connectivity index (χ0) is 12.3. The van der Waals surface area contributed by atoms with E-state index in [1.807, 2.05) is 0 Å². The van der Waals surface area contributed by atoms with Crippen LogP contribution < -0.4 is 0 Å². The van der Waals surface area contributed by atoms with E-state index in [1.165, 1.54) is 6.92 Å². The lowest BCUT2D eigenvalue weighted by atomic mass is 10.1. The lowest BCUT2D eigenvalue weighted by Gasteiger charge is -2.36. The van der Waals surface area contributed by atoms with Crippen LogP contribution in [0.1, 0.15) is 13.8 Å². The zero-order valence-corrected chi connectivity index (χ0v) is 8.95. The zero-order valence-electron chi connectivity index (χ0n) is 8.95. The lowest BCUT2D eigenvalue weighted by molar-refractivity contribution is -0.261. The summed E-state index contributed by atoms with van der Waals surface area (Å²) in [5, 5.41) is 18.7. The molecule has 0 radical (unpaired) electrons. The monoisotopic (exact) mass is 234 g/mol. The van der Waals surface area contributed by atoms with Gasteiger partial charge in [0.05, 0.1) is 6.61 Å². The normalized spacial score (nSPS) is 34.2. The molecule has 4 unspecified atom stereocenters. The third kappa shape index (κ3) is 3.16. The number of hydrogen-bond donors (Lipinski definition) is 2. The van der Waals surface area contributed by atoms with Crippen molar-refractivity contribution in [3.63, 3.8) is 0 Å². The second-order valence-corrected chi connectivity index (χ2v) is 3.44. The highest BCUT2D eigenvalue weighted by Crippen LogP contribution is 2.19. The van der Waals surface area contributed by atoms with Gasteiger partial charge in [-0.1, -0.05) is 0 Å². The van der Waals surface area contributed by atoms with E-state index < -0.39 is 36.5 Å². The molecule has 1 saturated heterocycles. The molecule has 2 N–H and O–H groups in total. The summed E-state index contributed by atoms with van der Waals surface area (Å²) in [6.07, 6.45) is -4.94. The minimum atomic E-state index is -1.46. The Kier molecular flexibility index (Phi) is 4.22. The maximum atomic E-state index is 10.8. The molecule has 0 aromatic carbocycles. The number of aliphatic hydroxyl groups is 2. The van der Waals surface area contributed by atoms with Gasteiger partial charge in [0.1, 0.15) is 6.10 Å². The molecule has 4 atom stereocenters. The molecule has 0 spiro atoms. The number of hydrogen-bond acceptors (Lipinski definition) is 7. The van der Waals surface area contributed by atoms with Crippen molar-refractivity contribution < 1.29 is 34.0 Å². The average molecular weight is 234 g/mol. The van der Waals surface area contributed by atoms with Gasteiger partial charge in [-0.2, -0.15) is 0 Å². The summed E-state index contributed by atoms with van der Waals surface area (Å²) in [5.74, 6) is -1.23. The summed E-state index contributed by atoms with van der Waals surface area (Å²) in [7, 11) is 0. The fraction of sp³-hybridized carbons (Fsp3) is 0.778. The summed E-state index contributed by atoms with van der Waals surface area (Å²) in [5.41, 5.74) is 0. The molecule has 0 amide bonds. The maximum absolute atomic E-state index is 10.8. The van der Waals surface area contributed by atoms with Crippen LogP contribution in [0.3, 0.4) is 0 Å². The molecule has 92 valence electrons. The summed E-state index contributed by atoms with van der Waals surface area (Å²) in [6.45, 7) is 2.19. The van der Waals surface area contributed by atoms with Crippen molar-refractivity contribution in [3.05, 3.63) is 0 Å². The van der Waals surface area contributed by atoms with Gasteiger partial charge in [-0.05, 0) is 0 Å². The number of rotatable bonds is 2. The molecule has 1 fully saturated rings. The van der Waals surface area contributed by atoms with E-state index in [0.717, 1.165) is 6.92 Å². The minimum Gasteiger partial charge on any atom is -0.456 e. The van der Waals surface area contributed by atoms with E-state index in [4.69, 9.17) is 14.2 Å². The van der Waals surface area contributed by atoms with Crippen LogP contribution in [-0.4, -0.2) is 53.4 Å². The minimum absolute atomic E-state index is 0.143. The number of carbonyl (C=O) groups is 2. The Morgan fingerprint density at radius 2 is 1.75 bits per heavy atom. The van der Waals surface area contributed by atoms with Crippen LogP contribution in [0, 0.1) is 0 Å². The predicted molar refractivity (Wildman–Crippen MR) is 49.1 cm³/mol. The van der Waals surface area contributed by atoms with Crippen LogP contribution in [0.15, 0.2) is 0 Å². The molecule has 1 rings (SSSR count). The highest BCUT2D eigenvalue weighted by atomic mass is 16.7. The Hall–Kier alpha value is -1.18. The molecule has 0 aliphatic carbocycles. The molecule has 0 saturated carbocycles. The molecule has 7 heteroatoms. The van der Waals surface area contributed by atoms with Crippen molar-refractivity contribution in [1.82, 2.24) is 0 Å². The highest BCUT2D eigenvalue weighted by molar-refractivity contribution is 5.67. The fourth-order valence-corrected chi connectivity index (χ4v) is 1.42. The van der Waals surface area contributed by atoms with Crippen LogP contribution >= 0.6 is 0 Å². The first kappa shape index (κ1) is 12.9. The standard InChI is InChI=1S/C9H14O7/c1-4(10)15-6-3-14-9(13)7(12)8(6)16-5(2)11/h6-9,12-13H,3H2,1-2H3. The van der Waals surface area contributed by atoms with E-state index in [0.29, 0.717) is 0 Å². The van der Waals surface area contributed by atoms with Gasteiger partial charge in [0, 0.05) is 13.8 Å². The summed E-state index contributed by atoms with van der Waals surface area (Å²) in [4.78, 5) is 21.6.